The maximum atomic E-state index is 10.3. The van der Waals surface area contributed by atoms with Crippen LogP contribution in [0.5, 0.6) is 11.5 Å². The number of nitrogens with zero attached hydrogens (tertiary/aromatic N) is 1. The first kappa shape index (κ1) is 19.5. The van der Waals surface area contributed by atoms with E-state index in [2.05, 4.69) is 23.3 Å². The molecule has 0 radical (unpaired) electrons. The van der Waals surface area contributed by atoms with E-state index in [1.165, 1.54) is 4.88 Å². The molecule has 0 aliphatic rings. The molecule has 0 aliphatic heterocycles. The molecule has 2 unspecified atom stereocenters. The molecule has 0 bridgehead atoms. The summed E-state index contributed by atoms with van der Waals surface area (Å²) in [6, 6.07) is 10.2. The molecule has 25 heavy (non-hydrogen) atoms. The van der Waals surface area contributed by atoms with Crippen molar-refractivity contribution in [1.29, 1.82) is 0 Å². The Morgan fingerprint density at radius 2 is 2.08 bits per heavy atom. The Bertz CT molecular complexity index is 670. The molecule has 0 fully saturated rings. The summed E-state index contributed by atoms with van der Waals surface area (Å²) in [5.74, 6) is 1.31. The van der Waals surface area contributed by atoms with Gasteiger partial charge in [0, 0.05) is 17.5 Å². The van der Waals surface area contributed by atoms with E-state index in [4.69, 9.17) is 9.47 Å². The van der Waals surface area contributed by atoms with Crippen LogP contribution in [0.2, 0.25) is 0 Å². The number of aliphatic hydroxyl groups is 1. The highest BCUT2D eigenvalue weighted by atomic mass is 32.1. The fourth-order valence-corrected chi connectivity index (χ4v) is 3.42. The first-order chi connectivity index (χ1) is 12.0. The van der Waals surface area contributed by atoms with Crippen LogP contribution >= 0.6 is 11.3 Å². The SMILES string of the molecule is CC=Cc1ccc(OCC(O)CN(C)C(C)c2cccs2)c(OC)c1. The highest BCUT2D eigenvalue weighted by Crippen LogP contribution is 2.29. The number of benzene rings is 1. The Hall–Kier alpha value is -1.82. The number of rotatable bonds is 9. The molecule has 1 aromatic carbocycles. The second kappa shape index (κ2) is 9.61. The van der Waals surface area contributed by atoms with Gasteiger partial charge < -0.3 is 14.6 Å². The number of aliphatic hydroxyl groups excluding tert-OH is 1. The number of methoxy groups -OCH3 is 1. The Morgan fingerprint density at radius 1 is 1.28 bits per heavy atom. The highest BCUT2D eigenvalue weighted by Gasteiger charge is 2.17. The largest absolute Gasteiger partial charge is 0.493 e. The molecule has 0 saturated carbocycles. The minimum absolute atomic E-state index is 0.223. The molecule has 2 aromatic rings. The van der Waals surface area contributed by atoms with E-state index >= 15 is 0 Å². The topological polar surface area (TPSA) is 41.9 Å². The zero-order valence-electron chi connectivity index (χ0n) is 15.3. The van der Waals surface area contributed by atoms with Crippen LogP contribution in [0.4, 0.5) is 0 Å². The van der Waals surface area contributed by atoms with E-state index in [1.54, 1.807) is 18.4 Å². The second-order valence-electron chi connectivity index (χ2n) is 6.01. The third-order valence-corrected chi connectivity index (χ3v) is 5.14. The van der Waals surface area contributed by atoms with Crippen LogP contribution in [-0.4, -0.2) is 43.4 Å². The number of ether oxygens (including phenoxy) is 2. The lowest BCUT2D eigenvalue weighted by atomic mass is 10.2. The Labute approximate surface area is 154 Å². The van der Waals surface area contributed by atoms with Crippen LogP contribution in [-0.2, 0) is 0 Å². The first-order valence-corrected chi connectivity index (χ1v) is 9.28. The van der Waals surface area contributed by atoms with Crippen molar-refractivity contribution >= 4 is 17.4 Å². The molecular formula is C20H27NO3S. The predicted octanol–water partition coefficient (Wildman–Crippen LogP) is 4.22. The summed E-state index contributed by atoms with van der Waals surface area (Å²) >= 11 is 1.73. The second-order valence-corrected chi connectivity index (χ2v) is 6.99. The molecule has 1 heterocycles. The molecule has 0 amide bonds. The molecule has 1 aromatic heterocycles. The smallest absolute Gasteiger partial charge is 0.161 e. The van der Waals surface area contributed by atoms with E-state index in [1.807, 2.05) is 50.4 Å². The van der Waals surface area contributed by atoms with E-state index in [-0.39, 0.29) is 12.6 Å². The summed E-state index contributed by atoms with van der Waals surface area (Å²) in [4.78, 5) is 3.42. The minimum atomic E-state index is -0.577. The lowest BCUT2D eigenvalue weighted by Crippen LogP contribution is -2.34. The third-order valence-electron chi connectivity index (χ3n) is 4.09. The van der Waals surface area contributed by atoms with Crippen LogP contribution in [0.3, 0.4) is 0 Å². The van der Waals surface area contributed by atoms with Gasteiger partial charge in [0.15, 0.2) is 11.5 Å². The van der Waals surface area contributed by atoms with Crippen molar-refractivity contribution in [3.8, 4) is 11.5 Å². The summed E-state index contributed by atoms with van der Waals surface area (Å²) in [5.41, 5.74) is 1.05. The third kappa shape index (κ3) is 5.59. The number of allylic oxidation sites excluding steroid dienone is 1. The zero-order valence-corrected chi connectivity index (χ0v) is 16.1. The van der Waals surface area contributed by atoms with Crippen LogP contribution < -0.4 is 9.47 Å². The maximum absolute atomic E-state index is 10.3. The van der Waals surface area contributed by atoms with Crippen molar-refractivity contribution in [2.75, 3.05) is 27.3 Å². The molecule has 4 nitrogen and oxygen atoms in total. The normalized spacial score (nSPS) is 14.0. The highest BCUT2D eigenvalue weighted by molar-refractivity contribution is 7.10. The van der Waals surface area contributed by atoms with Gasteiger partial charge in [-0.1, -0.05) is 24.3 Å². The van der Waals surface area contributed by atoms with Gasteiger partial charge in [0.1, 0.15) is 12.7 Å². The van der Waals surface area contributed by atoms with Gasteiger partial charge in [-0.15, -0.1) is 11.3 Å². The van der Waals surface area contributed by atoms with Crippen LogP contribution in [0, 0.1) is 0 Å². The summed E-state index contributed by atoms with van der Waals surface area (Å²) in [6.45, 7) is 4.88. The van der Waals surface area contributed by atoms with Gasteiger partial charge in [-0.25, -0.2) is 0 Å². The van der Waals surface area contributed by atoms with Gasteiger partial charge in [-0.2, -0.15) is 0 Å². The van der Waals surface area contributed by atoms with Crippen LogP contribution in [0.15, 0.2) is 41.8 Å². The van der Waals surface area contributed by atoms with Crippen LogP contribution in [0.25, 0.3) is 6.08 Å². The fraction of sp³-hybridized carbons (Fsp3) is 0.400. The lowest BCUT2D eigenvalue weighted by molar-refractivity contribution is 0.0649. The summed E-state index contributed by atoms with van der Waals surface area (Å²) in [7, 11) is 3.63. The van der Waals surface area contributed by atoms with Crippen molar-refractivity contribution in [2.24, 2.45) is 0 Å². The number of likely N-dealkylation sites (N-methyl/N-ethyl adjacent to an activating group) is 1. The van der Waals surface area contributed by atoms with Crippen molar-refractivity contribution in [2.45, 2.75) is 26.0 Å². The van der Waals surface area contributed by atoms with E-state index < -0.39 is 6.10 Å². The lowest BCUT2D eigenvalue weighted by Gasteiger charge is -2.26. The Morgan fingerprint density at radius 3 is 2.72 bits per heavy atom. The summed E-state index contributed by atoms with van der Waals surface area (Å²) < 4.78 is 11.2. The van der Waals surface area contributed by atoms with Crippen molar-refractivity contribution in [3.63, 3.8) is 0 Å². The number of hydrogen-bond acceptors (Lipinski definition) is 5. The molecule has 136 valence electrons. The minimum Gasteiger partial charge on any atom is -0.493 e. The molecule has 5 heteroatoms. The summed E-state index contributed by atoms with van der Waals surface area (Å²) in [5, 5.41) is 12.4. The number of hydrogen-bond donors (Lipinski definition) is 1. The predicted molar refractivity (Wildman–Crippen MR) is 105 cm³/mol. The van der Waals surface area contributed by atoms with Crippen molar-refractivity contribution in [3.05, 3.63) is 52.2 Å². The van der Waals surface area contributed by atoms with Gasteiger partial charge in [0.05, 0.1) is 7.11 Å². The summed E-state index contributed by atoms with van der Waals surface area (Å²) in [6.07, 6.45) is 3.40. The van der Waals surface area contributed by atoms with Crippen molar-refractivity contribution < 1.29 is 14.6 Å². The Balaban J connectivity index is 1.90. The van der Waals surface area contributed by atoms with Gasteiger partial charge in [-0.05, 0) is 50.0 Å². The van der Waals surface area contributed by atoms with Gasteiger partial charge in [-0.3, -0.25) is 4.90 Å². The average Bonchev–Trinajstić information content (AvgIpc) is 3.14. The zero-order chi connectivity index (χ0) is 18.2. The fourth-order valence-electron chi connectivity index (χ4n) is 2.57. The van der Waals surface area contributed by atoms with E-state index in [9.17, 15) is 5.11 Å². The molecule has 1 N–H and O–H groups in total. The van der Waals surface area contributed by atoms with Crippen molar-refractivity contribution in [1.82, 2.24) is 4.90 Å². The van der Waals surface area contributed by atoms with E-state index in [0.717, 1.165) is 5.56 Å². The molecule has 0 saturated heterocycles. The maximum Gasteiger partial charge on any atom is 0.161 e. The Kier molecular flexibility index (Phi) is 7.50. The molecule has 2 rings (SSSR count). The first-order valence-electron chi connectivity index (χ1n) is 8.40. The standard InChI is InChI=1S/C20H27NO3S/c1-5-7-16-9-10-18(19(12-16)23-4)24-14-17(22)13-21(3)15(2)20-8-6-11-25-20/h5-12,15,17,22H,13-14H2,1-4H3. The van der Waals surface area contributed by atoms with Gasteiger partial charge in [0.2, 0.25) is 0 Å². The quantitative estimate of drug-likeness (QED) is 0.726. The molecule has 2 atom stereocenters. The monoisotopic (exact) mass is 361 g/mol. The van der Waals surface area contributed by atoms with E-state index in [0.29, 0.717) is 18.0 Å². The van der Waals surface area contributed by atoms with Gasteiger partial charge >= 0.3 is 0 Å². The molecular weight excluding hydrogens is 334 g/mol. The van der Waals surface area contributed by atoms with Gasteiger partial charge in [0.25, 0.3) is 0 Å². The number of thiophene rings is 1. The average molecular weight is 362 g/mol. The molecule has 0 spiro atoms. The molecule has 0 aliphatic carbocycles. The van der Waals surface area contributed by atoms with Crippen LogP contribution in [0.1, 0.15) is 30.3 Å².